The molecule has 2 aliphatic rings. The van der Waals surface area contributed by atoms with Crippen molar-refractivity contribution in [2.75, 3.05) is 17.3 Å². The molecular formula is C29H37N5O4S2. The predicted molar refractivity (Wildman–Crippen MR) is 160 cm³/mol. The highest BCUT2D eigenvalue weighted by molar-refractivity contribution is 8.03. The molecule has 0 bridgehead atoms. The molecule has 4 rings (SSSR count). The second-order valence-corrected chi connectivity index (χ2v) is 13.5. The second-order valence-electron chi connectivity index (χ2n) is 10.6. The number of primary amides is 1. The molecule has 2 heterocycles. The van der Waals surface area contributed by atoms with Crippen molar-refractivity contribution >= 4 is 47.2 Å². The summed E-state index contributed by atoms with van der Waals surface area (Å²) in [7, 11) is 0. The minimum atomic E-state index is -0.970. The molecule has 1 saturated heterocycles. The van der Waals surface area contributed by atoms with Gasteiger partial charge in [-0.3, -0.25) is 19.2 Å². The van der Waals surface area contributed by atoms with E-state index in [9.17, 15) is 19.2 Å². The van der Waals surface area contributed by atoms with E-state index in [0.29, 0.717) is 30.2 Å². The normalized spacial score (nSPS) is 25.6. The molecule has 4 atom stereocenters. The lowest BCUT2D eigenvalue weighted by Gasteiger charge is -2.33. The maximum Gasteiger partial charge on any atom is 0.244 e. The molecule has 2 aromatic rings. The lowest BCUT2D eigenvalue weighted by Crippen LogP contribution is -2.61. The molecule has 40 heavy (non-hydrogen) atoms. The Balaban J connectivity index is 1.54. The fourth-order valence-corrected chi connectivity index (χ4v) is 7.21. The van der Waals surface area contributed by atoms with Gasteiger partial charge in [0.15, 0.2) is 0 Å². The van der Waals surface area contributed by atoms with E-state index in [4.69, 9.17) is 5.73 Å². The average Bonchev–Trinajstić information content (AvgIpc) is 2.94. The van der Waals surface area contributed by atoms with Crippen LogP contribution in [0.15, 0.2) is 54.6 Å². The third kappa shape index (κ3) is 7.80. The summed E-state index contributed by atoms with van der Waals surface area (Å²) in [5, 5.41) is 11.9. The summed E-state index contributed by atoms with van der Waals surface area (Å²) >= 11 is 3.08. The predicted octanol–water partition coefficient (Wildman–Crippen LogP) is 1.14. The van der Waals surface area contributed by atoms with E-state index in [1.807, 2.05) is 68.4 Å². The molecule has 1 unspecified atom stereocenters. The van der Waals surface area contributed by atoms with Gasteiger partial charge in [-0.05, 0) is 37.0 Å². The zero-order valence-electron chi connectivity index (χ0n) is 22.8. The minimum Gasteiger partial charge on any atom is -0.368 e. The van der Waals surface area contributed by atoms with Crippen LogP contribution in [0, 0.1) is 0 Å². The largest absolute Gasteiger partial charge is 0.368 e. The molecule has 4 amide bonds. The van der Waals surface area contributed by atoms with Crippen molar-refractivity contribution in [3.63, 3.8) is 0 Å². The van der Waals surface area contributed by atoms with Crippen LogP contribution >= 0.6 is 23.5 Å². The number of hydrogen-bond acceptors (Lipinski definition) is 7. The monoisotopic (exact) mass is 583 g/mol. The molecular weight excluding hydrogens is 546 g/mol. The van der Waals surface area contributed by atoms with E-state index in [0.717, 1.165) is 16.7 Å². The number of amides is 4. The van der Waals surface area contributed by atoms with Gasteiger partial charge in [0, 0.05) is 35.0 Å². The Hall–Kier alpha value is -3.02. The van der Waals surface area contributed by atoms with E-state index in [1.54, 1.807) is 11.8 Å². The highest BCUT2D eigenvalue weighted by atomic mass is 32.2. The zero-order chi connectivity index (χ0) is 28.7. The number of carbonyl (C=O) groups is 4. The van der Waals surface area contributed by atoms with Gasteiger partial charge in [-0.15, -0.1) is 0 Å². The van der Waals surface area contributed by atoms with Crippen LogP contribution in [0.5, 0.6) is 0 Å². The number of hydrogen-bond donors (Lipinski definition) is 5. The number of nitrogens with two attached hydrogens (primary N) is 1. The highest BCUT2D eigenvalue weighted by Crippen LogP contribution is 2.29. The van der Waals surface area contributed by atoms with Crippen LogP contribution in [0.2, 0.25) is 0 Å². The Morgan fingerprint density at radius 3 is 2.40 bits per heavy atom. The first-order valence-corrected chi connectivity index (χ1v) is 15.5. The summed E-state index contributed by atoms with van der Waals surface area (Å²) in [5.41, 5.74) is 8.82. The lowest BCUT2D eigenvalue weighted by molar-refractivity contribution is -0.133. The third-order valence-corrected chi connectivity index (χ3v) is 9.91. The molecule has 0 radical (unpaired) electrons. The van der Waals surface area contributed by atoms with Crippen LogP contribution < -0.4 is 27.0 Å². The van der Waals surface area contributed by atoms with Gasteiger partial charge >= 0.3 is 0 Å². The standard InChI is InChI=1S/C29H37N5O4S2/c1-29(2)24(25(30)35)34-27(37)22(14-18-8-4-3-5-9-18)32-28(38)23(17-39-12-13-40-29)33-26(36)21-15-19-10-6-7-11-20(19)16-31-21/h3-11,21-24,31H,12-17H2,1-2H3,(H2,30,35)(H,32,38)(H,33,36)(H,34,37)/t21-,22-,23?,24-/m0/s1. The van der Waals surface area contributed by atoms with E-state index in [1.165, 1.54) is 11.8 Å². The number of carbonyl (C=O) groups excluding carboxylic acids is 4. The van der Waals surface area contributed by atoms with Gasteiger partial charge in [0.2, 0.25) is 23.6 Å². The number of fused-ring (bicyclic) bond motifs is 1. The molecule has 214 valence electrons. The molecule has 2 aromatic carbocycles. The summed E-state index contributed by atoms with van der Waals surface area (Å²) in [4.78, 5) is 52.8. The van der Waals surface area contributed by atoms with Gasteiger partial charge in [0.05, 0.1) is 6.04 Å². The first-order valence-electron chi connectivity index (χ1n) is 13.4. The smallest absolute Gasteiger partial charge is 0.244 e. The molecule has 2 aliphatic heterocycles. The second kappa shape index (κ2) is 13.6. The van der Waals surface area contributed by atoms with E-state index < -0.39 is 46.6 Å². The van der Waals surface area contributed by atoms with Crippen LogP contribution in [0.25, 0.3) is 0 Å². The Bertz CT molecular complexity index is 1230. The number of nitrogens with one attached hydrogen (secondary N) is 4. The zero-order valence-corrected chi connectivity index (χ0v) is 24.4. The molecule has 6 N–H and O–H groups in total. The van der Waals surface area contributed by atoms with Crippen molar-refractivity contribution in [3.8, 4) is 0 Å². The van der Waals surface area contributed by atoms with E-state index in [-0.39, 0.29) is 12.3 Å². The third-order valence-electron chi connectivity index (χ3n) is 7.20. The van der Waals surface area contributed by atoms with Gasteiger partial charge in [0.1, 0.15) is 18.1 Å². The molecule has 11 heteroatoms. The molecule has 9 nitrogen and oxygen atoms in total. The van der Waals surface area contributed by atoms with Gasteiger partial charge in [-0.25, -0.2) is 0 Å². The molecule has 0 spiro atoms. The van der Waals surface area contributed by atoms with Crippen molar-refractivity contribution in [2.24, 2.45) is 5.73 Å². The Kier molecular flexibility index (Phi) is 10.2. The van der Waals surface area contributed by atoms with Crippen LogP contribution in [0.1, 0.15) is 30.5 Å². The number of thioether (sulfide) groups is 2. The van der Waals surface area contributed by atoms with Gasteiger partial charge in [-0.1, -0.05) is 54.6 Å². The van der Waals surface area contributed by atoms with Crippen LogP contribution in [-0.4, -0.2) is 69.8 Å². The SMILES string of the molecule is CC1(C)SCCSCC(NC(=O)[C@@H]2Cc3ccccc3CN2)C(=O)N[C@@H](Cc2ccccc2)C(=O)N[C@H]1C(N)=O. The Morgan fingerprint density at radius 2 is 1.68 bits per heavy atom. The summed E-state index contributed by atoms with van der Waals surface area (Å²) < 4.78 is -0.659. The van der Waals surface area contributed by atoms with Crippen LogP contribution in [-0.2, 0) is 38.6 Å². The summed E-state index contributed by atoms with van der Waals surface area (Å²) in [6.45, 7) is 4.33. The summed E-state index contributed by atoms with van der Waals surface area (Å²) in [6, 6.07) is 14.1. The Labute approximate surface area is 243 Å². The van der Waals surface area contributed by atoms with Crippen molar-refractivity contribution in [3.05, 3.63) is 71.3 Å². The summed E-state index contributed by atoms with van der Waals surface area (Å²) in [6.07, 6.45) is 0.745. The van der Waals surface area contributed by atoms with Gasteiger partial charge in [0.25, 0.3) is 0 Å². The van der Waals surface area contributed by atoms with Crippen LogP contribution in [0.3, 0.4) is 0 Å². The van der Waals surface area contributed by atoms with Crippen LogP contribution in [0.4, 0.5) is 0 Å². The summed E-state index contributed by atoms with van der Waals surface area (Å²) in [5.74, 6) is -0.130. The maximum atomic E-state index is 13.6. The first kappa shape index (κ1) is 30.0. The van der Waals surface area contributed by atoms with Crippen molar-refractivity contribution in [1.82, 2.24) is 21.3 Å². The minimum absolute atomic E-state index is 0.215. The topological polar surface area (TPSA) is 142 Å². The van der Waals surface area contributed by atoms with E-state index in [2.05, 4.69) is 21.3 Å². The number of rotatable bonds is 5. The van der Waals surface area contributed by atoms with Gasteiger partial charge in [-0.2, -0.15) is 23.5 Å². The van der Waals surface area contributed by atoms with Gasteiger partial charge < -0.3 is 27.0 Å². The molecule has 0 saturated carbocycles. The molecule has 0 aliphatic carbocycles. The number of benzene rings is 2. The lowest BCUT2D eigenvalue weighted by atomic mass is 9.95. The molecule has 0 aromatic heterocycles. The van der Waals surface area contributed by atoms with Crippen molar-refractivity contribution in [2.45, 2.75) is 62.1 Å². The average molecular weight is 584 g/mol. The molecule has 1 fully saturated rings. The van der Waals surface area contributed by atoms with Crippen molar-refractivity contribution < 1.29 is 19.2 Å². The quantitative estimate of drug-likeness (QED) is 0.355. The first-order chi connectivity index (χ1) is 19.1. The highest BCUT2D eigenvalue weighted by Gasteiger charge is 2.38. The Morgan fingerprint density at radius 1 is 0.975 bits per heavy atom. The fraction of sp³-hybridized carbons (Fsp3) is 0.448. The maximum absolute atomic E-state index is 13.6. The van der Waals surface area contributed by atoms with E-state index >= 15 is 0 Å². The fourth-order valence-electron chi connectivity index (χ4n) is 4.90. The van der Waals surface area contributed by atoms with Crippen molar-refractivity contribution in [1.29, 1.82) is 0 Å².